The van der Waals surface area contributed by atoms with E-state index in [1.807, 2.05) is 12.1 Å². The first-order chi connectivity index (χ1) is 14.4. The van der Waals surface area contributed by atoms with Crippen LogP contribution < -0.4 is 5.32 Å². The van der Waals surface area contributed by atoms with E-state index in [0.29, 0.717) is 22.0 Å². The SMILES string of the molecule is Cc1c(C(=O)NC2CCCCC2)cc(-c2ccc(Cl)cc2)n1-c1ccc(F)cc1F. The number of nitrogens with one attached hydrogen (secondary N) is 1. The van der Waals surface area contributed by atoms with Crippen LogP contribution in [0.5, 0.6) is 0 Å². The molecule has 0 atom stereocenters. The van der Waals surface area contributed by atoms with Crippen LogP contribution in [0, 0.1) is 18.6 Å². The van der Waals surface area contributed by atoms with E-state index in [1.165, 1.54) is 18.6 Å². The molecule has 1 aliphatic rings. The molecule has 2 aromatic carbocycles. The van der Waals surface area contributed by atoms with Crippen LogP contribution in [0.3, 0.4) is 0 Å². The fraction of sp³-hybridized carbons (Fsp3) is 0.292. The molecule has 4 rings (SSSR count). The predicted octanol–water partition coefficient (Wildman–Crippen LogP) is 6.45. The Morgan fingerprint density at radius 1 is 1.03 bits per heavy atom. The van der Waals surface area contributed by atoms with Crippen LogP contribution in [0.2, 0.25) is 5.02 Å². The van der Waals surface area contributed by atoms with Gasteiger partial charge in [-0.3, -0.25) is 4.79 Å². The molecule has 0 bridgehead atoms. The maximum absolute atomic E-state index is 14.7. The highest BCUT2D eigenvalue weighted by molar-refractivity contribution is 6.30. The Morgan fingerprint density at radius 2 is 1.73 bits per heavy atom. The van der Waals surface area contributed by atoms with Crippen molar-refractivity contribution in [3.63, 3.8) is 0 Å². The van der Waals surface area contributed by atoms with Crippen LogP contribution in [0.1, 0.15) is 48.2 Å². The normalized spacial score (nSPS) is 14.7. The lowest BCUT2D eigenvalue weighted by Gasteiger charge is -2.22. The van der Waals surface area contributed by atoms with E-state index in [9.17, 15) is 13.6 Å². The maximum atomic E-state index is 14.7. The van der Waals surface area contributed by atoms with Gasteiger partial charge in [-0.05, 0) is 55.7 Å². The molecule has 30 heavy (non-hydrogen) atoms. The maximum Gasteiger partial charge on any atom is 0.253 e. The Bertz CT molecular complexity index is 1070. The van der Waals surface area contributed by atoms with Crippen molar-refractivity contribution >= 4 is 17.5 Å². The molecule has 1 saturated carbocycles. The van der Waals surface area contributed by atoms with Crippen molar-refractivity contribution in [2.45, 2.75) is 45.1 Å². The number of hydrogen-bond acceptors (Lipinski definition) is 1. The first-order valence-corrected chi connectivity index (χ1v) is 10.6. The van der Waals surface area contributed by atoms with Gasteiger partial charge < -0.3 is 9.88 Å². The molecular formula is C24H23ClF2N2O. The molecular weight excluding hydrogens is 406 g/mol. The Labute approximate surface area is 179 Å². The first-order valence-electron chi connectivity index (χ1n) is 10.2. The predicted molar refractivity (Wildman–Crippen MR) is 115 cm³/mol. The number of halogens is 3. The van der Waals surface area contributed by atoms with Crippen molar-refractivity contribution in [3.05, 3.63) is 76.4 Å². The topological polar surface area (TPSA) is 34.0 Å². The van der Waals surface area contributed by atoms with E-state index in [4.69, 9.17) is 11.6 Å². The number of carbonyl (C=O) groups is 1. The van der Waals surface area contributed by atoms with Gasteiger partial charge in [-0.25, -0.2) is 8.78 Å². The fourth-order valence-electron chi connectivity index (χ4n) is 4.15. The lowest BCUT2D eigenvalue weighted by Crippen LogP contribution is -2.36. The number of amides is 1. The third-order valence-corrected chi connectivity index (χ3v) is 5.97. The van der Waals surface area contributed by atoms with E-state index in [0.717, 1.165) is 37.3 Å². The summed E-state index contributed by atoms with van der Waals surface area (Å²) in [5.41, 5.74) is 2.69. The molecule has 6 heteroatoms. The van der Waals surface area contributed by atoms with Crippen molar-refractivity contribution in [3.8, 4) is 16.9 Å². The van der Waals surface area contributed by atoms with Crippen LogP contribution in [0.15, 0.2) is 48.5 Å². The quantitative estimate of drug-likeness (QED) is 0.509. The average Bonchev–Trinajstić information content (AvgIpc) is 3.06. The number of aromatic nitrogens is 1. The highest BCUT2D eigenvalue weighted by Gasteiger charge is 2.24. The molecule has 0 unspecified atom stereocenters. The minimum Gasteiger partial charge on any atom is -0.349 e. The molecule has 1 aromatic heterocycles. The molecule has 0 aliphatic heterocycles. The van der Waals surface area contributed by atoms with Crippen molar-refractivity contribution in [1.82, 2.24) is 9.88 Å². The van der Waals surface area contributed by atoms with E-state index < -0.39 is 11.6 Å². The monoisotopic (exact) mass is 428 g/mol. The third kappa shape index (κ3) is 4.12. The summed E-state index contributed by atoms with van der Waals surface area (Å²) in [6, 6.07) is 12.5. The van der Waals surface area contributed by atoms with Gasteiger partial charge in [0.2, 0.25) is 0 Å². The van der Waals surface area contributed by atoms with Gasteiger partial charge in [-0.1, -0.05) is 43.0 Å². The van der Waals surface area contributed by atoms with Crippen molar-refractivity contribution < 1.29 is 13.6 Å². The number of hydrogen-bond donors (Lipinski definition) is 1. The summed E-state index contributed by atoms with van der Waals surface area (Å²) in [5, 5.41) is 3.71. The Hall–Kier alpha value is -2.66. The van der Waals surface area contributed by atoms with E-state index in [-0.39, 0.29) is 17.6 Å². The van der Waals surface area contributed by atoms with Crippen LogP contribution in [0.25, 0.3) is 16.9 Å². The second-order valence-corrected chi connectivity index (χ2v) is 8.21. The fourth-order valence-corrected chi connectivity index (χ4v) is 4.28. The minimum absolute atomic E-state index is 0.163. The molecule has 1 amide bonds. The van der Waals surface area contributed by atoms with Crippen LogP contribution in [-0.4, -0.2) is 16.5 Å². The molecule has 3 nitrogen and oxygen atoms in total. The van der Waals surface area contributed by atoms with Gasteiger partial charge in [-0.2, -0.15) is 0 Å². The molecule has 0 spiro atoms. The summed E-state index contributed by atoms with van der Waals surface area (Å²) in [6.45, 7) is 1.78. The molecule has 0 radical (unpaired) electrons. The standard InChI is InChI=1S/C24H23ClF2N2O/c1-15-20(24(30)28-19-5-3-2-4-6-19)14-23(16-7-9-17(25)10-8-16)29(15)22-12-11-18(26)13-21(22)27/h7-14,19H,2-6H2,1H3,(H,28,30). The summed E-state index contributed by atoms with van der Waals surface area (Å²) in [7, 11) is 0. The highest BCUT2D eigenvalue weighted by Crippen LogP contribution is 2.32. The number of rotatable bonds is 4. The van der Waals surface area contributed by atoms with Gasteiger partial charge in [0.25, 0.3) is 5.91 Å². The third-order valence-electron chi connectivity index (χ3n) is 5.72. The van der Waals surface area contributed by atoms with E-state index >= 15 is 0 Å². The summed E-state index contributed by atoms with van der Waals surface area (Å²) in [5.74, 6) is -1.51. The molecule has 0 saturated heterocycles. The second kappa shape index (κ2) is 8.60. The van der Waals surface area contributed by atoms with Gasteiger partial charge in [0.05, 0.1) is 16.9 Å². The zero-order valence-corrected chi connectivity index (χ0v) is 17.5. The summed E-state index contributed by atoms with van der Waals surface area (Å²) in [6.07, 6.45) is 5.38. The summed E-state index contributed by atoms with van der Waals surface area (Å²) < 4.78 is 29.8. The van der Waals surface area contributed by atoms with Crippen LogP contribution >= 0.6 is 11.6 Å². The zero-order valence-electron chi connectivity index (χ0n) is 16.7. The average molecular weight is 429 g/mol. The molecule has 156 valence electrons. The zero-order chi connectivity index (χ0) is 21.3. The van der Waals surface area contributed by atoms with Gasteiger partial charge in [0.15, 0.2) is 0 Å². The lowest BCUT2D eigenvalue weighted by molar-refractivity contribution is 0.0927. The largest absolute Gasteiger partial charge is 0.349 e. The van der Waals surface area contributed by atoms with E-state index in [1.54, 1.807) is 29.7 Å². The van der Waals surface area contributed by atoms with Crippen LogP contribution in [-0.2, 0) is 0 Å². The number of benzene rings is 2. The van der Waals surface area contributed by atoms with E-state index in [2.05, 4.69) is 5.32 Å². The highest BCUT2D eigenvalue weighted by atomic mass is 35.5. The number of carbonyl (C=O) groups excluding carboxylic acids is 1. The van der Waals surface area contributed by atoms with Crippen molar-refractivity contribution in [1.29, 1.82) is 0 Å². The van der Waals surface area contributed by atoms with Crippen molar-refractivity contribution in [2.24, 2.45) is 0 Å². The van der Waals surface area contributed by atoms with Gasteiger partial charge in [0, 0.05) is 22.8 Å². The molecule has 1 aliphatic carbocycles. The molecule has 1 heterocycles. The summed E-state index contributed by atoms with van der Waals surface area (Å²) >= 11 is 6.02. The number of nitrogens with zero attached hydrogens (tertiary/aromatic N) is 1. The van der Waals surface area contributed by atoms with Gasteiger partial charge in [0.1, 0.15) is 11.6 Å². The summed E-state index contributed by atoms with van der Waals surface area (Å²) in [4.78, 5) is 13.1. The first kappa shape index (κ1) is 20.6. The van der Waals surface area contributed by atoms with Crippen LogP contribution in [0.4, 0.5) is 8.78 Å². The molecule has 1 N–H and O–H groups in total. The lowest BCUT2D eigenvalue weighted by atomic mass is 9.95. The molecule has 3 aromatic rings. The Morgan fingerprint density at radius 3 is 2.40 bits per heavy atom. The van der Waals surface area contributed by atoms with Gasteiger partial charge >= 0.3 is 0 Å². The smallest absolute Gasteiger partial charge is 0.253 e. The van der Waals surface area contributed by atoms with Crippen molar-refractivity contribution in [2.75, 3.05) is 0 Å². The Kier molecular flexibility index (Phi) is 5.91. The Balaban J connectivity index is 1.80. The van der Waals surface area contributed by atoms with Gasteiger partial charge in [-0.15, -0.1) is 0 Å². The molecule has 1 fully saturated rings. The second-order valence-electron chi connectivity index (χ2n) is 7.78. The minimum atomic E-state index is -0.692.